The summed E-state index contributed by atoms with van der Waals surface area (Å²) in [5.74, 6) is -0.358. The normalized spacial score (nSPS) is 28.7. The first-order valence-electron chi connectivity index (χ1n) is 7.35. The summed E-state index contributed by atoms with van der Waals surface area (Å²) in [6, 6.07) is 6.07. The van der Waals surface area contributed by atoms with E-state index in [-0.39, 0.29) is 5.92 Å². The molecule has 5 nitrogen and oxygen atoms in total. The van der Waals surface area contributed by atoms with Crippen molar-refractivity contribution < 1.29 is 14.6 Å². The van der Waals surface area contributed by atoms with E-state index in [4.69, 9.17) is 4.74 Å². The molecule has 21 heavy (non-hydrogen) atoms. The molecule has 0 saturated carbocycles. The summed E-state index contributed by atoms with van der Waals surface area (Å²) in [4.78, 5) is 16.4. The number of piperidine rings is 1. The molecule has 3 rings (SSSR count). The fraction of sp³-hybridized carbons (Fsp3) is 0.562. The van der Waals surface area contributed by atoms with Gasteiger partial charge in [0.1, 0.15) is 5.75 Å². The van der Waals surface area contributed by atoms with Crippen molar-refractivity contribution in [2.45, 2.75) is 18.4 Å². The van der Waals surface area contributed by atoms with Gasteiger partial charge in [-0.25, -0.2) is 0 Å². The Kier molecular flexibility index (Phi) is 3.53. The van der Waals surface area contributed by atoms with Gasteiger partial charge in [-0.3, -0.25) is 4.79 Å². The molecular formula is C16H22N2O3. The van der Waals surface area contributed by atoms with Crippen LogP contribution in [-0.2, 0) is 4.79 Å². The zero-order valence-electron chi connectivity index (χ0n) is 12.7. The van der Waals surface area contributed by atoms with Crippen molar-refractivity contribution in [2.75, 3.05) is 39.2 Å². The molecule has 0 aromatic heterocycles. The van der Waals surface area contributed by atoms with Crippen LogP contribution in [0.3, 0.4) is 0 Å². The van der Waals surface area contributed by atoms with E-state index in [2.05, 4.69) is 23.9 Å². The predicted octanol–water partition coefficient (Wildman–Crippen LogP) is 1.63. The van der Waals surface area contributed by atoms with E-state index in [0.29, 0.717) is 6.04 Å². The summed E-state index contributed by atoms with van der Waals surface area (Å²) in [7, 11) is 5.75. The van der Waals surface area contributed by atoms with Crippen LogP contribution in [0.5, 0.6) is 5.75 Å². The van der Waals surface area contributed by atoms with Gasteiger partial charge in [0.15, 0.2) is 0 Å². The van der Waals surface area contributed by atoms with E-state index in [1.807, 2.05) is 18.2 Å². The number of hydrogen-bond acceptors (Lipinski definition) is 4. The number of likely N-dealkylation sites (tertiary alicyclic amines) is 1. The number of fused-ring (bicyclic) bond motifs is 2. The molecule has 1 N–H and O–H groups in total. The maximum Gasteiger partial charge on any atom is 0.311 e. The number of ether oxygens (including phenoxy) is 1. The number of carboxylic acids is 1. The van der Waals surface area contributed by atoms with E-state index in [0.717, 1.165) is 36.5 Å². The lowest BCUT2D eigenvalue weighted by molar-refractivity contribution is -0.141. The van der Waals surface area contributed by atoms with E-state index in [9.17, 15) is 9.90 Å². The lowest BCUT2D eigenvalue weighted by Gasteiger charge is -2.49. The number of anilines is 1. The molecule has 3 unspecified atom stereocenters. The molecule has 0 spiro atoms. The van der Waals surface area contributed by atoms with Gasteiger partial charge in [0.05, 0.1) is 13.0 Å². The molecule has 114 valence electrons. The third kappa shape index (κ3) is 2.25. The Balaban J connectivity index is 2.10. The Labute approximate surface area is 125 Å². The number of carbonyl (C=O) groups is 1. The lowest BCUT2D eigenvalue weighted by atomic mass is 9.73. The minimum atomic E-state index is -0.733. The summed E-state index contributed by atoms with van der Waals surface area (Å²) in [5, 5.41) is 9.78. The summed E-state index contributed by atoms with van der Waals surface area (Å²) in [6.45, 7) is 1.84. The smallest absolute Gasteiger partial charge is 0.311 e. The molecule has 1 aromatic rings. The maximum absolute atomic E-state index is 11.9. The van der Waals surface area contributed by atoms with Crippen molar-refractivity contribution in [3.8, 4) is 5.75 Å². The molecule has 1 aromatic carbocycles. The van der Waals surface area contributed by atoms with Crippen LogP contribution >= 0.6 is 0 Å². The highest BCUT2D eigenvalue weighted by molar-refractivity contribution is 5.81. The Morgan fingerprint density at radius 1 is 1.38 bits per heavy atom. The van der Waals surface area contributed by atoms with Gasteiger partial charge in [-0.15, -0.1) is 0 Å². The van der Waals surface area contributed by atoms with Crippen LogP contribution in [0.25, 0.3) is 0 Å². The van der Waals surface area contributed by atoms with E-state index in [1.165, 1.54) is 0 Å². The minimum absolute atomic E-state index is 0.117. The molecule has 0 radical (unpaired) electrons. The molecule has 3 atom stereocenters. The molecule has 0 aliphatic carbocycles. The molecule has 5 heteroatoms. The lowest BCUT2D eigenvalue weighted by Crippen LogP contribution is -2.55. The molecule has 1 fully saturated rings. The molecule has 0 amide bonds. The van der Waals surface area contributed by atoms with Crippen molar-refractivity contribution in [2.24, 2.45) is 5.92 Å². The van der Waals surface area contributed by atoms with Gasteiger partial charge in [-0.1, -0.05) is 0 Å². The number of methoxy groups -OCH3 is 1. The van der Waals surface area contributed by atoms with Gasteiger partial charge in [0.2, 0.25) is 0 Å². The average Bonchev–Trinajstić information content (AvgIpc) is 2.46. The number of benzene rings is 1. The van der Waals surface area contributed by atoms with Crippen LogP contribution in [-0.4, -0.2) is 56.3 Å². The monoisotopic (exact) mass is 290 g/mol. The fourth-order valence-corrected chi connectivity index (χ4v) is 3.90. The first kappa shape index (κ1) is 14.2. The van der Waals surface area contributed by atoms with Crippen molar-refractivity contribution in [3.05, 3.63) is 23.8 Å². The van der Waals surface area contributed by atoms with E-state index >= 15 is 0 Å². The number of rotatable bonds is 2. The Morgan fingerprint density at radius 2 is 2.14 bits per heavy atom. The fourth-order valence-electron chi connectivity index (χ4n) is 3.90. The molecule has 2 aliphatic rings. The third-order valence-electron chi connectivity index (χ3n) is 4.96. The molecule has 0 bridgehead atoms. The van der Waals surface area contributed by atoms with Gasteiger partial charge in [0, 0.05) is 31.2 Å². The standard InChI is InChI=1S/C16H22N2O3/c1-17-7-6-14-12(9-17)15(16(19)20)11-8-10(21-3)4-5-13(11)18(14)2/h4-5,8,12,14-15H,6-7,9H2,1-3H3,(H,19,20). The van der Waals surface area contributed by atoms with Crippen molar-refractivity contribution in [1.82, 2.24) is 4.90 Å². The Bertz CT molecular complexity index is 560. The van der Waals surface area contributed by atoms with E-state index in [1.54, 1.807) is 7.11 Å². The second kappa shape index (κ2) is 5.22. The Hall–Kier alpha value is -1.75. The van der Waals surface area contributed by atoms with Crippen LogP contribution in [0.15, 0.2) is 18.2 Å². The van der Waals surface area contributed by atoms with Crippen LogP contribution < -0.4 is 9.64 Å². The summed E-state index contributed by atoms with van der Waals surface area (Å²) >= 11 is 0. The molecular weight excluding hydrogens is 268 g/mol. The van der Waals surface area contributed by atoms with Crippen molar-refractivity contribution in [1.29, 1.82) is 0 Å². The van der Waals surface area contributed by atoms with Crippen LogP contribution in [0.4, 0.5) is 5.69 Å². The summed E-state index contributed by atoms with van der Waals surface area (Å²) in [6.07, 6.45) is 1.01. The number of aliphatic carboxylic acids is 1. The van der Waals surface area contributed by atoms with Gasteiger partial charge in [-0.2, -0.15) is 0 Å². The number of carboxylic acid groups (broad SMARTS) is 1. The minimum Gasteiger partial charge on any atom is -0.497 e. The highest BCUT2D eigenvalue weighted by Crippen LogP contribution is 2.45. The Morgan fingerprint density at radius 3 is 2.81 bits per heavy atom. The van der Waals surface area contributed by atoms with Gasteiger partial charge >= 0.3 is 5.97 Å². The average molecular weight is 290 g/mol. The molecule has 2 heterocycles. The van der Waals surface area contributed by atoms with E-state index < -0.39 is 11.9 Å². The van der Waals surface area contributed by atoms with Crippen molar-refractivity contribution >= 4 is 11.7 Å². The zero-order valence-corrected chi connectivity index (χ0v) is 12.7. The summed E-state index contributed by atoms with van der Waals surface area (Å²) in [5.41, 5.74) is 1.90. The number of nitrogens with zero attached hydrogens (tertiary/aromatic N) is 2. The quantitative estimate of drug-likeness (QED) is 0.897. The SMILES string of the molecule is COc1ccc2c(c1)C(C(=O)O)C1CN(C)CCC1N2C. The van der Waals surface area contributed by atoms with Gasteiger partial charge in [-0.05, 0) is 43.8 Å². The van der Waals surface area contributed by atoms with Crippen LogP contribution in [0.1, 0.15) is 17.9 Å². The topological polar surface area (TPSA) is 53.0 Å². The zero-order chi connectivity index (χ0) is 15.1. The first-order valence-corrected chi connectivity index (χ1v) is 7.35. The maximum atomic E-state index is 11.9. The summed E-state index contributed by atoms with van der Waals surface area (Å²) < 4.78 is 5.28. The third-order valence-corrected chi connectivity index (χ3v) is 4.96. The molecule has 1 saturated heterocycles. The predicted molar refractivity (Wildman–Crippen MR) is 81.2 cm³/mol. The van der Waals surface area contributed by atoms with Crippen LogP contribution in [0, 0.1) is 5.92 Å². The highest BCUT2D eigenvalue weighted by atomic mass is 16.5. The second-order valence-corrected chi connectivity index (χ2v) is 6.13. The first-order chi connectivity index (χ1) is 10.0. The van der Waals surface area contributed by atoms with Crippen molar-refractivity contribution in [3.63, 3.8) is 0 Å². The highest BCUT2D eigenvalue weighted by Gasteiger charge is 2.45. The van der Waals surface area contributed by atoms with Gasteiger partial charge < -0.3 is 19.6 Å². The second-order valence-electron chi connectivity index (χ2n) is 6.13. The molecule has 2 aliphatic heterocycles. The van der Waals surface area contributed by atoms with Crippen LogP contribution in [0.2, 0.25) is 0 Å². The largest absolute Gasteiger partial charge is 0.497 e. The van der Waals surface area contributed by atoms with Gasteiger partial charge in [0.25, 0.3) is 0 Å². The number of hydrogen-bond donors (Lipinski definition) is 1.